The maximum atomic E-state index is 12.1. The van der Waals surface area contributed by atoms with Crippen LogP contribution in [-0.4, -0.2) is 15.6 Å². The van der Waals surface area contributed by atoms with Crippen molar-refractivity contribution in [1.29, 1.82) is 0 Å². The largest absolute Gasteiger partial charge is 0.289 e. The molecule has 0 aliphatic heterocycles. The summed E-state index contributed by atoms with van der Waals surface area (Å²) in [7, 11) is 0. The lowest BCUT2D eigenvalue weighted by Gasteiger charge is -1.98. The van der Waals surface area contributed by atoms with Crippen molar-refractivity contribution in [2.24, 2.45) is 0 Å². The molecular formula is C19H16N2O. The molecule has 0 saturated carbocycles. The SMILES string of the molecule is Cc1ccc(C(=O)/C=C/c2cnn(-c3ccccc3)c2)cc1. The highest BCUT2D eigenvalue weighted by Crippen LogP contribution is 2.10. The molecule has 0 spiro atoms. The summed E-state index contributed by atoms with van der Waals surface area (Å²) in [5, 5.41) is 4.30. The number of carbonyl (C=O) groups excluding carboxylic acids is 1. The van der Waals surface area contributed by atoms with E-state index in [2.05, 4.69) is 5.10 Å². The molecule has 2 aromatic carbocycles. The highest BCUT2D eigenvalue weighted by atomic mass is 16.1. The summed E-state index contributed by atoms with van der Waals surface area (Å²) in [6, 6.07) is 17.4. The molecule has 22 heavy (non-hydrogen) atoms. The van der Waals surface area contributed by atoms with Crippen molar-refractivity contribution in [2.75, 3.05) is 0 Å². The van der Waals surface area contributed by atoms with Crippen LogP contribution in [-0.2, 0) is 0 Å². The molecule has 0 bridgehead atoms. The third-order valence-corrected chi connectivity index (χ3v) is 3.39. The van der Waals surface area contributed by atoms with Crippen molar-refractivity contribution in [3.05, 3.63) is 89.8 Å². The number of allylic oxidation sites excluding steroid dienone is 1. The minimum Gasteiger partial charge on any atom is -0.289 e. The van der Waals surface area contributed by atoms with Gasteiger partial charge >= 0.3 is 0 Å². The fourth-order valence-corrected chi connectivity index (χ4v) is 2.13. The van der Waals surface area contributed by atoms with Crippen molar-refractivity contribution >= 4 is 11.9 Å². The Balaban J connectivity index is 1.75. The maximum Gasteiger partial charge on any atom is 0.185 e. The van der Waals surface area contributed by atoms with Crippen LogP contribution in [0.4, 0.5) is 0 Å². The molecule has 0 radical (unpaired) electrons. The molecule has 3 heteroatoms. The van der Waals surface area contributed by atoms with E-state index in [1.54, 1.807) is 23.0 Å². The number of rotatable bonds is 4. The smallest absolute Gasteiger partial charge is 0.185 e. The quantitative estimate of drug-likeness (QED) is 0.535. The minimum atomic E-state index is -0.00698. The lowest BCUT2D eigenvalue weighted by molar-refractivity contribution is 0.104. The molecule has 3 nitrogen and oxygen atoms in total. The first-order chi connectivity index (χ1) is 10.7. The molecule has 0 saturated heterocycles. The number of aryl methyl sites for hydroxylation is 1. The van der Waals surface area contributed by atoms with Crippen LogP contribution in [0.1, 0.15) is 21.5 Å². The van der Waals surface area contributed by atoms with Crippen LogP contribution in [0.3, 0.4) is 0 Å². The molecular weight excluding hydrogens is 272 g/mol. The third kappa shape index (κ3) is 3.20. The molecule has 3 aromatic rings. The Morgan fingerprint density at radius 3 is 2.50 bits per heavy atom. The van der Waals surface area contributed by atoms with Gasteiger partial charge in [0.15, 0.2) is 5.78 Å². The number of ketones is 1. The zero-order chi connectivity index (χ0) is 15.4. The highest BCUT2D eigenvalue weighted by Gasteiger charge is 2.02. The first-order valence-electron chi connectivity index (χ1n) is 7.11. The molecule has 0 unspecified atom stereocenters. The van der Waals surface area contributed by atoms with Crippen LogP contribution >= 0.6 is 0 Å². The van der Waals surface area contributed by atoms with Crippen LogP contribution in [0.5, 0.6) is 0 Å². The fourth-order valence-electron chi connectivity index (χ4n) is 2.13. The van der Waals surface area contributed by atoms with Gasteiger partial charge in [-0.1, -0.05) is 48.0 Å². The molecule has 1 heterocycles. The number of carbonyl (C=O) groups is 1. The molecule has 0 amide bonds. The Kier molecular flexibility index (Phi) is 3.97. The number of aromatic nitrogens is 2. The topological polar surface area (TPSA) is 34.9 Å². The molecule has 0 N–H and O–H groups in total. The standard InChI is InChI=1S/C19H16N2O/c1-15-7-10-17(11-8-15)19(22)12-9-16-13-20-21(14-16)18-5-3-2-4-6-18/h2-14H,1H3/b12-9+. The molecule has 0 aliphatic carbocycles. The van der Waals surface area contributed by atoms with E-state index >= 15 is 0 Å². The van der Waals surface area contributed by atoms with Gasteiger partial charge < -0.3 is 0 Å². The van der Waals surface area contributed by atoms with E-state index in [4.69, 9.17) is 0 Å². The summed E-state index contributed by atoms with van der Waals surface area (Å²) in [5.74, 6) is -0.00698. The monoisotopic (exact) mass is 288 g/mol. The van der Waals surface area contributed by atoms with Gasteiger partial charge in [0.05, 0.1) is 11.9 Å². The third-order valence-electron chi connectivity index (χ3n) is 3.39. The molecule has 0 atom stereocenters. The summed E-state index contributed by atoms with van der Waals surface area (Å²) < 4.78 is 1.79. The van der Waals surface area contributed by atoms with Gasteiger partial charge in [-0.2, -0.15) is 5.10 Å². The van der Waals surface area contributed by atoms with Crippen molar-refractivity contribution in [2.45, 2.75) is 6.92 Å². The second kappa shape index (κ2) is 6.22. The number of hydrogen-bond acceptors (Lipinski definition) is 2. The molecule has 0 aliphatic rings. The molecule has 1 aromatic heterocycles. The van der Waals surface area contributed by atoms with Gasteiger partial charge in [-0.25, -0.2) is 4.68 Å². The van der Waals surface area contributed by atoms with Crippen LogP contribution in [0.2, 0.25) is 0 Å². The zero-order valence-corrected chi connectivity index (χ0v) is 12.3. The first-order valence-corrected chi connectivity index (χ1v) is 7.11. The Morgan fingerprint density at radius 2 is 1.77 bits per heavy atom. The Hall–Kier alpha value is -2.94. The number of benzene rings is 2. The van der Waals surface area contributed by atoms with Crippen molar-refractivity contribution in [3.8, 4) is 5.69 Å². The van der Waals surface area contributed by atoms with Gasteiger partial charge in [0.1, 0.15) is 0 Å². The molecule has 0 fully saturated rings. The summed E-state index contributed by atoms with van der Waals surface area (Å²) >= 11 is 0. The average molecular weight is 288 g/mol. The van der Waals surface area contributed by atoms with Gasteiger partial charge in [-0.3, -0.25) is 4.79 Å². The fraction of sp³-hybridized carbons (Fsp3) is 0.0526. The average Bonchev–Trinajstić information content (AvgIpc) is 3.03. The summed E-state index contributed by atoms with van der Waals surface area (Å²) in [5.41, 5.74) is 3.72. The van der Waals surface area contributed by atoms with E-state index in [0.717, 1.165) is 16.8 Å². The Bertz CT molecular complexity index is 799. The number of para-hydroxylation sites is 1. The zero-order valence-electron chi connectivity index (χ0n) is 12.3. The number of nitrogens with zero attached hydrogens (tertiary/aromatic N) is 2. The second-order valence-corrected chi connectivity index (χ2v) is 5.12. The van der Waals surface area contributed by atoms with Crippen LogP contribution in [0.25, 0.3) is 11.8 Å². The summed E-state index contributed by atoms with van der Waals surface area (Å²) in [6.45, 7) is 2.00. The Labute approximate surface area is 129 Å². The van der Waals surface area contributed by atoms with Crippen LogP contribution in [0, 0.1) is 6.92 Å². The van der Waals surface area contributed by atoms with Gasteiger partial charge in [0.25, 0.3) is 0 Å². The maximum absolute atomic E-state index is 12.1. The van der Waals surface area contributed by atoms with E-state index in [1.807, 2.05) is 67.7 Å². The van der Waals surface area contributed by atoms with E-state index in [1.165, 1.54) is 0 Å². The van der Waals surface area contributed by atoms with Gasteiger partial charge in [0.2, 0.25) is 0 Å². The predicted molar refractivity (Wildman–Crippen MR) is 88.1 cm³/mol. The minimum absolute atomic E-state index is 0.00698. The van der Waals surface area contributed by atoms with E-state index in [-0.39, 0.29) is 5.78 Å². The van der Waals surface area contributed by atoms with Gasteiger partial charge in [0, 0.05) is 17.3 Å². The van der Waals surface area contributed by atoms with Crippen molar-refractivity contribution in [1.82, 2.24) is 9.78 Å². The lowest BCUT2D eigenvalue weighted by atomic mass is 10.1. The van der Waals surface area contributed by atoms with Crippen molar-refractivity contribution in [3.63, 3.8) is 0 Å². The van der Waals surface area contributed by atoms with Crippen molar-refractivity contribution < 1.29 is 4.79 Å². The lowest BCUT2D eigenvalue weighted by Crippen LogP contribution is -1.93. The number of hydrogen-bond donors (Lipinski definition) is 0. The summed E-state index contributed by atoms with van der Waals surface area (Å²) in [4.78, 5) is 12.1. The normalized spacial score (nSPS) is 11.0. The predicted octanol–water partition coefficient (Wildman–Crippen LogP) is 4.08. The highest BCUT2D eigenvalue weighted by molar-refractivity contribution is 6.06. The van der Waals surface area contributed by atoms with Crippen LogP contribution in [0.15, 0.2) is 73.1 Å². The van der Waals surface area contributed by atoms with E-state index in [9.17, 15) is 4.79 Å². The van der Waals surface area contributed by atoms with Gasteiger partial charge in [-0.05, 0) is 31.2 Å². The molecule has 3 rings (SSSR count). The summed E-state index contributed by atoms with van der Waals surface area (Å²) in [6.07, 6.45) is 7.01. The van der Waals surface area contributed by atoms with Gasteiger partial charge in [-0.15, -0.1) is 0 Å². The second-order valence-electron chi connectivity index (χ2n) is 5.12. The van der Waals surface area contributed by atoms with Crippen LogP contribution < -0.4 is 0 Å². The van der Waals surface area contributed by atoms with E-state index in [0.29, 0.717) is 5.56 Å². The Morgan fingerprint density at radius 1 is 1.05 bits per heavy atom. The molecule has 108 valence electrons. The van der Waals surface area contributed by atoms with E-state index < -0.39 is 0 Å². The first kappa shape index (κ1) is 14.0.